The Morgan fingerprint density at radius 1 is 1.62 bits per heavy atom. The SMILES string of the molecule is Cc1c(CNC2CCS(=O)(=O)C2)cnn1C. The van der Waals surface area contributed by atoms with Gasteiger partial charge in [0.25, 0.3) is 0 Å². The van der Waals surface area contributed by atoms with E-state index in [-0.39, 0.29) is 11.8 Å². The highest BCUT2D eigenvalue weighted by Crippen LogP contribution is 2.13. The van der Waals surface area contributed by atoms with Crippen LogP contribution in [0.25, 0.3) is 0 Å². The van der Waals surface area contributed by atoms with E-state index in [1.54, 1.807) is 0 Å². The van der Waals surface area contributed by atoms with Gasteiger partial charge in [-0.3, -0.25) is 4.68 Å². The number of nitrogens with one attached hydrogen (secondary N) is 1. The van der Waals surface area contributed by atoms with Gasteiger partial charge in [0.2, 0.25) is 0 Å². The zero-order valence-electron chi connectivity index (χ0n) is 9.60. The average Bonchev–Trinajstić information content (AvgIpc) is 2.70. The lowest BCUT2D eigenvalue weighted by Crippen LogP contribution is -2.29. The van der Waals surface area contributed by atoms with Crippen molar-refractivity contribution >= 4 is 9.84 Å². The molecule has 1 aliphatic rings. The molecule has 90 valence electrons. The summed E-state index contributed by atoms with van der Waals surface area (Å²) in [5.74, 6) is 0.586. The van der Waals surface area contributed by atoms with Crippen molar-refractivity contribution in [2.24, 2.45) is 7.05 Å². The third kappa shape index (κ3) is 2.44. The third-order valence-corrected chi connectivity index (χ3v) is 4.92. The molecule has 1 N–H and O–H groups in total. The van der Waals surface area contributed by atoms with Crippen molar-refractivity contribution in [2.75, 3.05) is 11.5 Å². The van der Waals surface area contributed by atoms with Crippen molar-refractivity contribution in [3.63, 3.8) is 0 Å². The van der Waals surface area contributed by atoms with E-state index in [2.05, 4.69) is 10.4 Å². The lowest BCUT2D eigenvalue weighted by Gasteiger charge is -2.09. The molecule has 1 fully saturated rings. The lowest BCUT2D eigenvalue weighted by atomic mass is 10.2. The molecule has 0 aromatic carbocycles. The topological polar surface area (TPSA) is 64.0 Å². The van der Waals surface area contributed by atoms with Gasteiger partial charge in [0.1, 0.15) is 0 Å². The van der Waals surface area contributed by atoms with E-state index >= 15 is 0 Å². The van der Waals surface area contributed by atoms with Crippen molar-refractivity contribution in [1.82, 2.24) is 15.1 Å². The maximum atomic E-state index is 11.3. The summed E-state index contributed by atoms with van der Waals surface area (Å²) in [6.45, 7) is 2.70. The van der Waals surface area contributed by atoms with E-state index in [0.29, 0.717) is 12.3 Å². The van der Waals surface area contributed by atoms with Gasteiger partial charge in [0.05, 0.1) is 17.7 Å². The molecule has 2 rings (SSSR count). The zero-order valence-corrected chi connectivity index (χ0v) is 10.4. The first-order chi connectivity index (χ1) is 7.48. The first-order valence-corrected chi connectivity index (χ1v) is 7.21. The number of hydrogen-bond acceptors (Lipinski definition) is 4. The van der Waals surface area contributed by atoms with Gasteiger partial charge in [0.15, 0.2) is 9.84 Å². The Balaban J connectivity index is 1.92. The van der Waals surface area contributed by atoms with Crippen molar-refractivity contribution in [3.8, 4) is 0 Å². The Hall–Kier alpha value is -0.880. The van der Waals surface area contributed by atoms with Gasteiger partial charge in [0, 0.05) is 30.9 Å². The van der Waals surface area contributed by atoms with E-state index in [0.717, 1.165) is 17.7 Å². The van der Waals surface area contributed by atoms with Crippen LogP contribution in [-0.4, -0.2) is 35.7 Å². The Bertz CT molecular complexity index is 478. The summed E-state index contributed by atoms with van der Waals surface area (Å²) in [5, 5.41) is 7.42. The average molecular weight is 243 g/mol. The van der Waals surface area contributed by atoms with Gasteiger partial charge < -0.3 is 5.32 Å². The molecule has 0 aliphatic carbocycles. The molecule has 16 heavy (non-hydrogen) atoms. The highest BCUT2D eigenvalue weighted by molar-refractivity contribution is 7.91. The second-order valence-electron chi connectivity index (χ2n) is 4.36. The summed E-state index contributed by atoms with van der Waals surface area (Å²) in [5.41, 5.74) is 2.25. The van der Waals surface area contributed by atoms with Crippen LogP contribution in [0.2, 0.25) is 0 Å². The standard InChI is InChI=1S/C10H17N3O2S/c1-8-9(6-12-13(8)2)5-11-10-3-4-16(14,15)7-10/h6,10-11H,3-5,7H2,1-2H3. The molecule has 2 heterocycles. The summed E-state index contributed by atoms with van der Waals surface area (Å²) >= 11 is 0. The summed E-state index contributed by atoms with van der Waals surface area (Å²) in [6.07, 6.45) is 2.55. The fourth-order valence-corrected chi connectivity index (χ4v) is 3.64. The van der Waals surface area contributed by atoms with Gasteiger partial charge >= 0.3 is 0 Å². The van der Waals surface area contributed by atoms with E-state index in [4.69, 9.17) is 0 Å². The van der Waals surface area contributed by atoms with Gasteiger partial charge in [-0.2, -0.15) is 5.10 Å². The highest BCUT2D eigenvalue weighted by atomic mass is 32.2. The van der Waals surface area contributed by atoms with Crippen LogP contribution in [0, 0.1) is 6.92 Å². The smallest absolute Gasteiger partial charge is 0.151 e. The predicted molar refractivity (Wildman–Crippen MR) is 61.8 cm³/mol. The van der Waals surface area contributed by atoms with Gasteiger partial charge in [-0.1, -0.05) is 0 Å². The van der Waals surface area contributed by atoms with Gasteiger partial charge in [-0.05, 0) is 13.3 Å². The normalized spacial score (nSPS) is 23.8. The van der Waals surface area contributed by atoms with Crippen LogP contribution in [0.4, 0.5) is 0 Å². The zero-order chi connectivity index (χ0) is 11.8. The van der Waals surface area contributed by atoms with Gasteiger partial charge in [-0.25, -0.2) is 8.42 Å². The maximum absolute atomic E-state index is 11.3. The number of rotatable bonds is 3. The number of hydrogen-bond donors (Lipinski definition) is 1. The molecule has 6 heteroatoms. The van der Waals surface area contributed by atoms with Crippen LogP contribution < -0.4 is 5.32 Å². The van der Waals surface area contributed by atoms with Crippen LogP contribution in [-0.2, 0) is 23.4 Å². The predicted octanol–water partition coefficient (Wildman–Crippen LogP) is 0.00522. The fraction of sp³-hybridized carbons (Fsp3) is 0.700. The second-order valence-corrected chi connectivity index (χ2v) is 6.59. The Morgan fingerprint density at radius 3 is 2.88 bits per heavy atom. The largest absolute Gasteiger partial charge is 0.309 e. The number of sulfone groups is 1. The van der Waals surface area contributed by atoms with Crippen molar-refractivity contribution in [3.05, 3.63) is 17.5 Å². The summed E-state index contributed by atoms with van der Waals surface area (Å²) < 4.78 is 24.4. The monoisotopic (exact) mass is 243 g/mol. The summed E-state index contributed by atoms with van der Waals surface area (Å²) in [4.78, 5) is 0. The number of aryl methyl sites for hydroxylation is 1. The van der Waals surface area contributed by atoms with E-state index < -0.39 is 9.84 Å². The Morgan fingerprint density at radius 2 is 2.38 bits per heavy atom. The lowest BCUT2D eigenvalue weighted by molar-refractivity contribution is 0.552. The number of aromatic nitrogens is 2. The van der Waals surface area contributed by atoms with Crippen molar-refractivity contribution in [2.45, 2.75) is 25.9 Å². The van der Waals surface area contributed by atoms with Crippen LogP contribution in [0.5, 0.6) is 0 Å². The second kappa shape index (κ2) is 4.18. The van der Waals surface area contributed by atoms with Crippen molar-refractivity contribution < 1.29 is 8.42 Å². The molecular weight excluding hydrogens is 226 g/mol. The van der Waals surface area contributed by atoms with Crippen LogP contribution >= 0.6 is 0 Å². The number of nitrogens with zero attached hydrogens (tertiary/aromatic N) is 2. The Kier molecular flexibility index (Phi) is 3.03. The van der Waals surface area contributed by atoms with Crippen LogP contribution in [0.3, 0.4) is 0 Å². The Labute approximate surface area is 95.8 Å². The molecule has 1 unspecified atom stereocenters. The van der Waals surface area contributed by atoms with E-state index in [9.17, 15) is 8.42 Å². The minimum absolute atomic E-state index is 0.101. The molecule has 0 radical (unpaired) electrons. The van der Waals surface area contributed by atoms with Crippen molar-refractivity contribution in [1.29, 1.82) is 0 Å². The first kappa shape index (κ1) is 11.6. The third-order valence-electron chi connectivity index (χ3n) is 3.15. The van der Waals surface area contributed by atoms with E-state index in [1.807, 2.05) is 24.9 Å². The minimum atomic E-state index is -2.79. The molecule has 0 saturated carbocycles. The molecule has 5 nitrogen and oxygen atoms in total. The molecule has 0 bridgehead atoms. The first-order valence-electron chi connectivity index (χ1n) is 5.39. The molecule has 1 aromatic heterocycles. The molecule has 1 aromatic rings. The molecule has 1 atom stereocenters. The quantitative estimate of drug-likeness (QED) is 0.812. The minimum Gasteiger partial charge on any atom is -0.309 e. The summed E-state index contributed by atoms with van der Waals surface area (Å²) in [6, 6.07) is 0.101. The van der Waals surface area contributed by atoms with Crippen LogP contribution in [0.1, 0.15) is 17.7 Å². The molecule has 1 saturated heterocycles. The molecule has 0 amide bonds. The maximum Gasteiger partial charge on any atom is 0.151 e. The summed E-state index contributed by atoms with van der Waals surface area (Å²) in [7, 11) is -0.886. The van der Waals surface area contributed by atoms with Crippen LogP contribution in [0.15, 0.2) is 6.20 Å². The molecule has 0 spiro atoms. The highest BCUT2D eigenvalue weighted by Gasteiger charge is 2.27. The van der Waals surface area contributed by atoms with Gasteiger partial charge in [-0.15, -0.1) is 0 Å². The molecular formula is C10H17N3O2S. The van der Waals surface area contributed by atoms with E-state index in [1.165, 1.54) is 0 Å². The fourth-order valence-electron chi connectivity index (χ4n) is 1.93. The molecule has 1 aliphatic heterocycles.